The number of sulfonamides is 1. The van der Waals surface area contributed by atoms with Gasteiger partial charge in [0.2, 0.25) is 0 Å². The molecule has 4 heterocycles. The Bertz CT molecular complexity index is 2760. The van der Waals surface area contributed by atoms with E-state index in [4.69, 9.17) is 11.6 Å². The van der Waals surface area contributed by atoms with Gasteiger partial charge in [0, 0.05) is 98.3 Å². The molecule has 0 saturated carbocycles. The third-order valence-electron chi connectivity index (χ3n) is 13.3. The second-order valence-electron chi connectivity index (χ2n) is 17.7. The predicted molar refractivity (Wildman–Crippen MR) is 260 cm³/mol. The van der Waals surface area contributed by atoms with Crippen molar-refractivity contribution in [2.45, 2.75) is 77.5 Å². The summed E-state index contributed by atoms with van der Waals surface area (Å²) in [6.45, 7) is 8.65. The van der Waals surface area contributed by atoms with Crippen molar-refractivity contribution in [1.82, 2.24) is 29.6 Å². The summed E-state index contributed by atoms with van der Waals surface area (Å²) in [5.41, 5.74) is -2.08. The van der Waals surface area contributed by atoms with Crippen molar-refractivity contribution in [3.05, 3.63) is 125 Å². The number of hydrogen-bond donors (Lipinski definition) is 2. The lowest BCUT2D eigenvalue weighted by Gasteiger charge is -2.42. The number of nitrogens with zero attached hydrogens (tertiary/aromatic N) is 6. The third kappa shape index (κ3) is 11.8. The van der Waals surface area contributed by atoms with Gasteiger partial charge in [-0.25, -0.2) is 31.2 Å². The van der Waals surface area contributed by atoms with Crippen LogP contribution in [-0.4, -0.2) is 129 Å². The number of rotatable bonds is 16. The van der Waals surface area contributed by atoms with Crippen LogP contribution in [0, 0.1) is 5.82 Å². The summed E-state index contributed by atoms with van der Waals surface area (Å²) in [6.07, 6.45) is 3.81. The summed E-state index contributed by atoms with van der Waals surface area (Å²) in [6, 6.07) is 24.3. The number of alkyl halides is 3. The average Bonchev–Trinajstić information content (AvgIpc) is 3.33. The molecule has 5 aromatic rings. The van der Waals surface area contributed by atoms with Crippen LogP contribution in [-0.2, 0) is 32.8 Å². The van der Waals surface area contributed by atoms with Gasteiger partial charge in [0.15, 0.2) is 0 Å². The van der Waals surface area contributed by atoms with Gasteiger partial charge in [0.05, 0.1) is 16.3 Å². The van der Waals surface area contributed by atoms with E-state index >= 15 is 0 Å². The summed E-state index contributed by atoms with van der Waals surface area (Å²) < 4.78 is 115. The number of benzene rings is 4. The number of likely N-dealkylation sites (tertiary alicyclic amines) is 1. The van der Waals surface area contributed by atoms with Gasteiger partial charge in [-0.15, -0.1) is 11.8 Å². The van der Waals surface area contributed by atoms with Crippen LogP contribution in [0.4, 0.5) is 29.1 Å². The number of hydrogen-bond acceptors (Lipinski definition) is 12. The number of halogens is 5. The molecule has 0 unspecified atom stereocenters. The second kappa shape index (κ2) is 21.3. The zero-order valence-electron chi connectivity index (χ0n) is 37.8. The molecule has 2 saturated heterocycles. The van der Waals surface area contributed by atoms with Crippen molar-refractivity contribution in [1.29, 1.82) is 0 Å². The van der Waals surface area contributed by atoms with Crippen molar-refractivity contribution >= 4 is 54.7 Å². The maximum absolute atomic E-state index is 14.6. The zero-order valence-corrected chi connectivity index (χ0v) is 41.0. The van der Waals surface area contributed by atoms with E-state index in [2.05, 4.69) is 46.5 Å². The molecule has 0 spiro atoms. The van der Waals surface area contributed by atoms with Crippen LogP contribution in [0.15, 0.2) is 112 Å². The number of piperazine rings is 1. The first-order chi connectivity index (χ1) is 32.4. The summed E-state index contributed by atoms with van der Waals surface area (Å²) >= 11 is 7.63. The first-order valence-electron chi connectivity index (χ1n) is 22.6. The molecule has 2 fully saturated rings. The minimum Gasteiger partial charge on any atom is -0.380 e. The van der Waals surface area contributed by atoms with Crippen LogP contribution in [0.3, 0.4) is 0 Å². The molecule has 0 amide bonds. The number of fused-ring (bicyclic) bond motifs is 1. The first kappa shape index (κ1) is 50.1. The smallest absolute Gasteiger partial charge is 0.380 e. The van der Waals surface area contributed by atoms with Crippen molar-refractivity contribution in [3.63, 3.8) is 0 Å². The highest BCUT2D eigenvalue weighted by Crippen LogP contribution is 2.39. The highest BCUT2D eigenvalue weighted by atomic mass is 35.5. The fourth-order valence-electron chi connectivity index (χ4n) is 9.24. The Labute approximate surface area is 405 Å². The normalized spacial score (nSPS) is 18.2. The molecular formula is C48H55ClF4N8O4S3. The van der Waals surface area contributed by atoms with Gasteiger partial charge >= 0.3 is 5.51 Å². The van der Waals surface area contributed by atoms with Crippen molar-refractivity contribution in [2.24, 2.45) is 0 Å². The molecule has 12 nitrogen and oxygen atoms in total. The monoisotopic (exact) mass is 1010 g/mol. The molecule has 20 heteroatoms. The van der Waals surface area contributed by atoms with Gasteiger partial charge in [-0.3, -0.25) is 14.5 Å². The van der Waals surface area contributed by atoms with Gasteiger partial charge in [0.1, 0.15) is 22.9 Å². The van der Waals surface area contributed by atoms with E-state index in [0.29, 0.717) is 60.6 Å². The van der Waals surface area contributed by atoms with E-state index in [1.54, 1.807) is 6.07 Å². The average molecular weight is 1020 g/mol. The molecule has 0 aliphatic carbocycles. The van der Waals surface area contributed by atoms with Crippen LogP contribution in [0.1, 0.15) is 49.0 Å². The lowest BCUT2D eigenvalue weighted by atomic mass is 9.92. The lowest BCUT2D eigenvalue weighted by molar-refractivity contribution is -0.0435. The van der Waals surface area contributed by atoms with Gasteiger partial charge < -0.3 is 15.1 Å². The van der Waals surface area contributed by atoms with Crippen LogP contribution in [0.25, 0.3) is 11.1 Å². The maximum Gasteiger partial charge on any atom is 0.501 e. The number of aromatic nitrogens is 2. The number of likely N-dealkylation sites (N-methyl/N-ethyl adjacent to an activating group) is 1. The van der Waals surface area contributed by atoms with Crippen molar-refractivity contribution in [3.8, 4) is 11.1 Å². The van der Waals surface area contributed by atoms with E-state index in [-0.39, 0.29) is 29.4 Å². The Morgan fingerprint density at radius 1 is 0.868 bits per heavy atom. The number of nitrogens with one attached hydrogen (secondary N) is 2. The maximum atomic E-state index is 14.6. The standard InChI is InChI=1S/C48H55ClF4N8O4S3/c1-33(43-28-36(50)12-14-41(43)34-8-10-35(49)11-9-34)60-21-17-38(18-22-60)61-23-19-42-45(30-61)54-32-55-47(42)57-68(64,65)40-13-15-44(46(29-40)67(62,63)48(51,52)53)56-37(31-66-39-6-4-3-5-7-39)16-20-59-26-24-58(2)25-27-59/h3-15,28-29,32-33,37-38,56H,16-27,30-31H2,1-2H3,(H,54,55,57)/t33-,37+/m0/s1. The number of thioether (sulfide) groups is 1. The highest BCUT2D eigenvalue weighted by Gasteiger charge is 2.48. The predicted octanol–water partition coefficient (Wildman–Crippen LogP) is 8.82. The van der Waals surface area contributed by atoms with Crippen LogP contribution >= 0.6 is 23.4 Å². The van der Waals surface area contributed by atoms with Gasteiger partial charge in [0.25, 0.3) is 19.9 Å². The molecule has 1 aromatic heterocycles. The number of piperidine rings is 1. The fraction of sp³-hybridized carbons (Fsp3) is 0.417. The lowest BCUT2D eigenvalue weighted by Crippen LogP contribution is -2.47. The molecule has 3 aliphatic rings. The first-order valence-corrected chi connectivity index (χ1v) is 27.0. The zero-order chi connectivity index (χ0) is 48.2. The number of anilines is 2. The molecule has 4 aromatic carbocycles. The van der Waals surface area contributed by atoms with E-state index in [1.807, 2.05) is 67.7 Å². The summed E-state index contributed by atoms with van der Waals surface area (Å²) in [7, 11) is -8.63. The summed E-state index contributed by atoms with van der Waals surface area (Å²) in [5, 5.41) is 3.70. The SMILES string of the molecule is C[C@@H](c1cc(F)ccc1-c1ccc(Cl)cc1)N1CCC(N2CCc3c(ncnc3NS(=O)(=O)c3ccc(N[C@H](CCN4CCN(C)CC4)CSc4ccccc4)c(S(=O)(=O)C(F)(F)F)c3)C2)CC1. The molecule has 364 valence electrons. The molecule has 68 heavy (non-hydrogen) atoms. The largest absolute Gasteiger partial charge is 0.501 e. The van der Waals surface area contributed by atoms with Crippen LogP contribution in [0.5, 0.6) is 0 Å². The van der Waals surface area contributed by atoms with E-state index in [0.717, 1.165) is 85.8 Å². The highest BCUT2D eigenvalue weighted by molar-refractivity contribution is 7.99. The van der Waals surface area contributed by atoms with Gasteiger partial charge in [-0.2, -0.15) is 13.2 Å². The van der Waals surface area contributed by atoms with E-state index in [9.17, 15) is 34.4 Å². The number of sulfone groups is 1. The summed E-state index contributed by atoms with van der Waals surface area (Å²) in [4.78, 5) is 17.0. The molecule has 3 aliphatic heterocycles. The minimum atomic E-state index is -6.02. The van der Waals surface area contributed by atoms with Crippen molar-refractivity contribution < 1.29 is 34.4 Å². The Hall–Kier alpha value is -4.34. The van der Waals surface area contributed by atoms with Crippen molar-refractivity contribution in [2.75, 3.05) is 75.2 Å². The van der Waals surface area contributed by atoms with Gasteiger partial charge in [-0.05, 0) is 111 Å². The summed E-state index contributed by atoms with van der Waals surface area (Å²) in [5.74, 6) is 0.0854. The molecule has 8 rings (SSSR count). The van der Waals surface area contributed by atoms with Gasteiger partial charge in [-0.1, -0.05) is 48.0 Å². The molecule has 0 radical (unpaired) electrons. The molecule has 0 bridgehead atoms. The van der Waals surface area contributed by atoms with Crippen LogP contribution in [0.2, 0.25) is 5.02 Å². The Morgan fingerprint density at radius 2 is 1.59 bits per heavy atom. The molecular weight excluding hydrogens is 960 g/mol. The molecule has 2 N–H and O–H groups in total. The topological polar surface area (TPSA) is 131 Å². The van der Waals surface area contributed by atoms with E-state index < -0.39 is 41.2 Å². The Balaban J connectivity index is 0.960. The fourth-order valence-corrected chi connectivity index (χ4v) is 12.5. The van der Waals surface area contributed by atoms with E-state index in [1.165, 1.54) is 24.2 Å². The van der Waals surface area contributed by atoms with Crippen LogP contribution < -0.4 is 10.0 Å². The Kier molecular flexibility index (Phi) is 15.7. The minimum absolute atomic E-state index is 0.0192. The quantitative estimate of drug-likeness (QED) is 0.0724. The third-order valence-corrected chi connectivity index (χ3v) is 17.5. The molecule has 2 atom stereocenters. The second-order valence-corrected chi connectivity index (χ2v) is 22.8. The Morgan fingerprint density at radius 3 is 2.29 bits per heavy atom.